The van der Waals surface area contributed by atoms with Crippen molar-refractivity contribution in [2.24, 2.45) is 5.10 Å². The summed E-state index contributed by atoms with van der Waals surface area (Å²) in [4.78, 5) is 29.0. The number of hydrazone groups is 1. The summed E-state index contributed by atoms with van der Waals surface area (Å²) in [5.41, 5.74) is 0.384. The van der Waals surface area contributed by atoms with Crippen molar-refractivity contribution in [2.45, 2.75) is 44.2 Å². The van der Waals surface area contributed by atoms with Gasteiger partial charge in [0, 0.05) is 32.0 Å². The van der Waals surface area contributed by atoms with Gasteiger partial charge in [0.15, 0.2) is 9.84 Å². The summed E-state index contributed by atoms with van der Waals surface area (Å²) in [6.45, 7) is 1.42. The molecule has 0 aromatic rings. The van der Waals surface area contributed by atoms with E-state index in [4.69, 9.17) is 0 Å². The molecular formula is C16H26N4O4S. The average molecular weight is 370 g/mol. The quantitative estimate of drug-likeness (QED) is 0.641. The number of hydrogen-bond donors (Lipinski definition) is 0. The third kappa shape index (κ3) is 4.38. The molecule has 3 rings (SSSR count). The summed E-state index contributed by atoms with van der Waals surface area (Å²) >= 11 is 0. The maximum Gasteiger partial charge on any atom is 0.270 e. The monoisotopic (exact) mass is 370 g/mol. The van der Waals surface area contributed by atoms with E-state index in [-0.39, 0.29) is 35.8 Å². The zero-order chi connectivity index (χ0) is 18.2. The molecule has 8 nitrogen and oxygen atoms in total. The third-order valence-electron chi connectivity index (χ3n) is 4.90. The molecule has 3 aliphatic rings. The van der Waals surface area contributed by atoms with E-state index in [2.05, 4.69) is 5.10 Å². The van der Waals surface area contributed by atoms with Crippen LogP contribution in [-0.2, 0) is 19.4 Å². The number of sulfone groups is 1. The Balaban J connectivity index is 1.74. The number of hydrogen-bond acceptors (Lipinski definition) is 6. The van der Waals surface area contributed by atoms with Crippen molar-refractivity contribution >= 4 is 27.4 Å². The van der Waals surface area contributed by atoms with Crippen LogP contribution in [-0.4, -0.2) is 91.5 Å². The molecule has 0 spiro atoms. The number of rotatable bonds is 6. The summed E-state index contributed by atoms with van der Waals surface area (Å²) in [7, 11) is 0.826. The smallest absolute Gasteiger partial charge is 0.270 e. The zero-order valence-corrected chi connectivity index (χ0v) is 15.7. The summed E-state index contributed by atoms with van der Waals surface area (Å²) < 4.78 is 23.4. The largest absolute Gasteiger partial charge is 0.333 e. The molecule has 1 saturated carbocycles. The van der Waals surface area contributed by atoms with Crippen molar-refractivity contribution in [1.29, 1.82) is 0 Å². The van der Waals surface area contributed by atoms with Crippen molar-refractivity contribution < 1.29 is 18.0 Å². The SMILES string of the molecule is CN(C)CCN(C(=O)C1=NN([C@H]2CCS(=O)(=O)C2)C(=O)CC1)C1CC1. The molecule has 1 aliphatic carbocycles. The Labute approximate surface area is 148 Å². The lowest BCUT2D eigenvalue weighted by Crippen LogP contribution is -2.47. The Morgan fingerprint density at radius 1 is 1.20 bits per heavy atom. The summed E-state index contributed by atoms with van der Waals surface area (Å²) in [5.74, 6) is -0.277. The number of amides is 2. The van der Waals surface area contributed by atoms with Crippen LogP contribution >= 0.6 is 0 Å². The van der Waals surface area contributed by atoms with Gasteiger partial charge in [0.05, 0.1) is 17.5 Å². The Bertz CT molecular complexity index is 684. The maximum absolute atomic E-state index is 12.9. The summed E-state index contributed by atoms with van der Waals surface area (Å²) in [6.07, 6.45) is 2.96. The van der Waals surface area contributed by atoms with E-state index in [1.165, 1.54) is 5.01 Å². The lowest BCUT2D eigenvalue weighted by atomic mass is 10.1. The zero-order valence-electron chi connectivity index (χ0n) is 14.8. The molecule has 0 aromatic heterocycles. The van der Waals surface area contributed by atoms with E-state index in [1.54, 1.807) is 0 Å². The first-order valence-corrected chi connectivity index (χ1v) is 10.6. The van der Waals surface area contributed by atoms with Gasteiger partial charge in [0.1, 0.15) is 5.71 Å². The minimum atomic E-state index is -3.11. The molecular weight excluding hydrogens is 344 g/mol. The van der Waals surface area contributed by atoms with Crippen molar-refractivity contribution in [2.75, 3.05) is 38.7 Å². The van der Waals surface area contributed by atoms with Gasteiger partial charge in [-0.3, -0.25) is 9.59 Å². The first-order valence-electron chi connectivity index (χ1n) is 8.82. The van der Waals surface area contributed by atoms with Crippen LogP contribution in [0.3, 0.4) is 0 Å². The fourth-order valence-electron chi connectivity index (χ4n) is 3.29. The number of nitrogens with zero attached hydrogens (tertiary/aromatic N) is 4. The Morgan fingerprint density at radius 2 is 1.92 bits per heavy atom. The summed E-state index contributed by atoms with van der Waals surface area (Å²) in [6, 6.07) is -0.162. The van der Waals surface area contributed by atoms with Gasteiger partial charge in [-0.05, 0) is 33.4 Å². The van der Waals surface area contributed by atoms with E-state index in [0.717, 1.165) is 19.4 Å². The van der Waals surface area contributed by atoms with Crippen molar-refractivity contribution in [3.05, 3.63) is 0 Å². The lowest BCUT2D eigenvalue weighted by molar-refractivity contribution is -0.134. The van der Waals surface area contributed by atoms with Gasteiger partial charge in [0.2, 0.25) is 5.91 Å². The Hall–Kier alpha value is -1.48. The molecule has 2 heterocycles. The molecule has 2 amide bonds. The van der Waals surface area contributed by atoms with E-state index in [9.17, 15) is 18.0 Å². The van der Waals surface area contributed by atoms with Gasteiger partial charge in [-0.2, -0.15) is 5.10 Å². The molecule has 1 atom stereocenters. The molecule has 1 saturated heterocycles. The van der Waals surface area contributed by atoms with Gasteiger partial charge >= 0.3 is 0 Å². The molecule has 0 N–H and O–H groups in total. The molecule has 2 fully saturated rings. The topological polar surface area (TPSA) is 90.4 Å². The average Bonchev–Trinajstić information content (AvgIpc) is 3.30. The van der Waals surface area contributed by atoms with Gasteiger partial charge in [0.25, 0.3) is 5.91 Å². The number of carbonyl (C=O) groups is 2. The number of likely N-dealkylation sites (N-methyl/N-ethyl adjacent to an activating group) is 1. The van der Waals surface area contributed by atoms with Gasteiger partial charge in [-0.25, -0.2) is 13.4 Å². The van der Waals surface area contributed by atoms with E-state index >= 15 is 0 Å². The lowest BCUT2D eigenvalue weighted by Gasteiger charge is -2.30. The minimum absolute atomic E-state index is 0.0589. The van der Waals surface area contributed by atoms with Crippen LogP contribution in [0, 0.1) is 0 Å². The second kappa shape index (κ2) is 7.03. The Morgan fingerprint density at radius 3 is 2.48 bits per heavy atom. The van der Waals surface area contributed by atoms with Crippen LogP contribution in [0.2, 0.25) is 0 Å². The molecule has 9 heteroatoms. The predicted octanol–water partition coefficient (Wildman–Crippen LogP) is -0.295. The van der Waals surface area contributed by atoms with Crippen molar-refractivity contribution in [1.82, 2.24) is 14.8 Å². The second-order valence-corrected chi connectivity index (χ2v) is 9.60. The van der Waals surface area contributed by atoms with E-state index in [1.807, 2.05) is 23.9 Å². The maximum atomic E-state index is 12.9. The molecule has 25 heavy (non-hydrogen) atoms. The molecule has 0 radical (unpaired) electrons. The fraction of sp³-hybridized carbons (Fsp3) is 0.812. The summed E-state index contributed by atoms with van der Waals surface area (Å²) in [5, 5.41) is 5.56. The standard InChI is InChI=1S/C16H26N4O4S/c1-18(2)8-9-19(12-3-4-12)16(22)14-5-6-15(21)20(17-14)13-7-10-25(23,24)11-13/h12-13H,3-11H2,1-2H3/t13-/m0/s1. The highest BCUT2D eigenvalue weighted by atomic mass is 32.2. The van der Waals surface area contributed by atoms with Crippen LogP contribution in [0.1, 0.15) is 32.1 Å². The Kier molecular flexibility index (Phi) is 5.15. The normalized spacial score (nSPS) is 26.0. The van der Waals surface area contributed by atoms with Crippen LogP contribution < -0.4 is 0 Å². The number of carbonyl (C=O) groups excluding carboxylic acids is 2. The van der Waals surface area contributed by atoms with E-state index < -0.39 is 15.9 Å². The fourth-order valence-corrected chi connectivity index (χ4v) is 4.98. The van der Waals surface area contributed by atoms with Crippen LogP contribution in [0.4, 0.5) is 0 Å². The molecule has 0 bridgehead atoms. The van der Waals surface area contributed by atoms with Gasteiger partial charge in [-0.15, -0.1) is 0 Å². The highest BCUT2D eigenvalue weighted by Gasteiger charge is 2.39. The second-order valence-electron chi connectivity index (χ2n) is 7.37. The highest BCUT2D eigenvalue weighted by Crippen LogP contribution is 2.28. The molecule has 0 unspecified atom stereocenters. The minimum Gasteiger partial charge on any atom is -0.333 e. The predicted molar refractivity (Wildman–Crippen MR) is 93.9 cm³/mol. The highest BCUT2D eigenvalue weighted by molar-refractivity contribution is 7.91. The van der Waals surface area contributed by atoms with E-state index in [0.29, 0.717) is 25.1 Å². The van der Waals surface area contributed by atoms with Crippen LogP contribution in [0.15, 0.2) is 5.10 Å². The first-order chi connectivity index (χ1) is 11.8. The van der Waals surface area contributed by atoms with Crippen LogP contribution in [0.25, 0.3) is 0 Å². The third-order valence-corrected chi connectivity index (χ3v) is 6.65. The van der Waals surface area contributed by atoms with Gasteiger partial charge < -0.3 is 9.80 Å². The first kappa shape index (κ1) is 18.3. The molecule has 2 aliphatic heterocycles. The van der Waals surface area contributed by atoms with Gasteiger partial charge in [-0.1, -0.05) is 0 Å². The molecule has 0 aromatic carbocycles. The van der Waals surface area contributed by atoms with Crippen molar-refractivity contribution in [3.63, 3.8) is 0 Å². The van der Waals surface area contributed by atoms with Crippen LogP contribution in [0.5, 0.6) is 0 Å². The van der Waals surface area contributed by atoms with Crippen molar-refractivity contribution in [3.8, 4) is 0 Å². The molecule has 140 valence electrons.